The van der Waals surface area contributed by atoms with Gasteiger partial charge in [0, 0.05) is 12.1 Å². The average molecular weight is 327 g/mol. The average Bonchev–Trinajstić information content (AvgIpc) is 3.03. The number of halogens is 1. The summed E-state index contributed by atoms with van der Waals surface area (Å²) in [6.45, 7) is 2.99. The summed E-state index contributed by atoms with van der Waals surface area (Å²) in [4.78, 5) is 1.15. The summed E-state index contributed by atoms with van der Waals surface area (Å²) in [6, 6.07) is 8.97. The molecule has 0 saturated carbocycles. The van der Waals surface area contributed by atoms with E-state index in [0.29, 0.717) is 5.69 Å². The third-order valence-corrected chi connectivity index (χ3v) is 5.23. The SMILES string of the molecule is Cc1csc(-c2nn(-c3ccccc3F)c3c2CCCCN3)c1. The highest BCUT2D eigenvalue weighted by Gasteiger charge is 2.23. The van der Waals surface area contributed by atoms with E-state index in [-0.39, 0.29) is 5.82 Å². The van der Waals surface area contributed by atoms with Crippen molar-refractivity contribution >= 4 is 17.2 Å². The molecule has 0 spiro atoms. The predicted octanol–water partition coefficient (Wildman–Crippen LogP) is 4.80. The van der Waals surface area contributed by atoms with E-state index in [2.05, 4.69) is 23.7 Å². The maximum absolute atomic E-state index is 14.3. The first-order chi connectivity index (χ1) is 11.2. The molecule has 3 aromatic rings. The van der Waals surface area contributed by atoms with E-state index in [4.69, 9.17) is 5.10 Å². The number of rotatable bonds is 2. The van der Waals surface area contributed by atoms with Crippen molar-refractivity contribution in [3.8, 4) is 16.3 Å². The Labute approximate surface area is 138 Å². The molecule has 0 amide bonds. The number of nitrogens with zero attached hydrogens (tertiary/aromatic N) is 2. The van der Waals surface area contributed by atoms with Gasteiger partial charge in [-0.05, 0) is 55.3 Å². The maximum Gasteiger partial charge on any atom is 0.148 e. The fraction of sp³-hybridized carbons (Fsp3) is 0.278. The lowest BCUT2D eigenvalue weighted by Gasteiger charge is -2.09. The highest BCUT2D eigenvalue weighted by Crippen LogP contribution is 2.36. The fourth-order valence-corrected chi connectivity index (χ4v) is 3.96. The first-order valence-corrected chi connectivity index (χ1v) is 8.78. The smallest absolute Gasteiger partial charge is 0.148 e. The van der Waals surface area contributed by atoms with Gasteiger partial charge in [0.25, 0.3) is 0 Å². The first kappa shape index (κ1) is 14.5. The van der Waals surface area contributed by atoms with Crippen molar-refractivity contribution in [3.05, 3.63) is 52.7 Å². The Hall–Kier alpha value is -2.14. The number of aryl methyl sites for hydroxylation is 1. The third kappa shape index (κ3) is 2.55. The van der Waals surface area contributed by atoms with Crippen molar-refractivity contribution in [2.45, 2.75) is 26.2 Å². The molecule has 1 aliphatic heterocycles. The molecule has 0 aliphatic carbocycles. The van der Waals surface area contributed by atoms with Crippen LogP contribution in [0, 0.1) is 12.7 Å². The standard InChI is InChI=1S/C18H18FN3S/c1-12-10-16(23-11-12)17-13-6-4-5-9-20-18(13)22(21-17)15-8-3-2-7-14(15)19/h2-3,7-8,10-11,20H,4-6,9H2,1H3. The Morgan fingerprint density at radius 2 is 2.13 bits per heavy atom. The number of thiophene rings is 1. The van der Waals surface area contributed by atoms with E-state index in [1.54, 1.807) is 28.2 Å². The molecule has 1 aromatic carbocycles. The van der Waals surface area contributed by atoms with Gasteiger partial charge in [0.15, 0.2) is 0 Å². The maximum atomic E-state index is 14.3. The van der Waals surface area contributed by atoms with Crippen LogP contribution < -0.4 is 5.32 Å². The van der Waals surface area contributed by atoms with E-state index >= 15 is 0 Å². The van der Waals surface area contributed by atoms with Gasteiger partial charge in [0.1, 0.15) is 23.0 Å². The van der Waals surface area contributed by atoms with E-state index < -0.39 is 0 Å². The molecule has 4 rings (SSSR count). The van der Waals surface area contributed by atoms with Crippen LogP contribution in [0.5, 0.6) is 0 Å². The number of hydrogen-bond donors (Lipinski definition) is 1. The van der Waals surface area contributed by atoms with E-state index in [1.165, 1.54) is 17.2 Å². The predicted molar refractivity (Wildman–Crippen MR) is 93.0 cm³/mol. The molecular formula is C18H18FN3S. The number of fused-ring (bicyclic) bond motifs is 1. The number of benzene rings is 1. The molecule has 0 atom stereocenters. The second-order valence-electron chi connectivity index (χ2n) is 5.91. The van der Waals surface area contributed by atoms with Crippen LogP contribution in [0.1, 0.15) is 24.0 Å². The van der Waals surface area contributed by atoms with Crippen LogP contribution >= 0.6 is 11.3 Å². The minimum Gasteiger partial charge on any atom is -0.370 e. The minimum absolute atomic E-state index is 0.252. The summed E-state index contributed by atoms with van der Waals surface area (Å²) < 4.78 is 16.0. The van der Waals surface area contributed by atoms with Crippen LogP contribution in [0.15, 0.2) is 35.7 Å². The lowest BCUT2D eigenvalue weighted by Crippen LogP contribution is -2.08. The van der Waals surface area contributed by atoms with Crippen molar-refractivity contribution in [2.24, 2.45) is 0 Å². The first-order valence-electron chi connectivity index (χ1n) is 7.90. The monoisotopic (exact) mass is 327 g/mol. The van der Waals surface area contributed by atoms with Crippen LogP contribution in [0.2, 0.25) is 0 Å². The molecule has 23 heavy (non-hydrogen) atoms. The minimum atomic E-state index is -0.252. The van der Waals surface area contributed by atoms with Crippen LogP contribution in [0.4, 0.5) is 10.2 Å². The van der Waals surface area contributed by atoms with Gasteiger partial charge in [-0.25, -0.2) is 9.07 Å². The Morgan fingerprint density at radius 3 is 2.91 bits per heavy atom. The van der Waals surface area contributed by atoms with Crippen molar-refractivity contribution in [1.29, 1.82) is 0 Å². The van der Waals surface area contributed by atoms with Crippen LogP contribution in [0.25, 0.3) is 16.3 Å². The summed E-state index contributed by atoms with van der Waals surface area (Å²) in [6.07, 6.45) is 3.22. The summed E-state index contributed by atoms with van der Waals surface area (Å²) in [5.41, 5.74) is 3.92. The highest BCUT2D eigenvalue weighted by atomic mass is 32.1. The van der Waals surface area contributed by atoms with Crippen molar-refractivity contribution in [1.82, 2.24) is 9.78 Å². The highest BCUT2D eigenvalue weighted by molar-refractivity contribution is 7.13. The largest absolute Gasteiger partial charge is 0.370 e. The van der Waals surface area contributed by atoms with Crippen LogP contribution in [0.3, 0.4) is 0 Å². The molecule has 0 bridgehead atoms. The van der Waals surface area contributed by atoms with Crippen molar-refractivity contribution in [3.63, 3.8) is 0 Å². The zero-order chi connectivity index (χ0) is 15.8. The number of anilines is 1. The van der Waals surface area contributed by atoms with Crippen LogP contribution in [-0.2, 0) is 6.42 Å². The van der Waals surface area contributed by atoms with Gasteiger partial charge in [-0.2, -0.15) is 5.10 Å². The summed E-state index contributed by atoms with van der Waals surface area (Å²) >= 11 is 1.70. The molecule has 1 aliphatic rings. The molecule has 0 radical (unpaired) electrons. The molecular weight excluding hydrogens is 309 g/mol. The lowest BCUT2D eigenvalue weighted by atomic mass is 10.1. The normalized spacial score (nSPS) is 14.2. The fourth-order valence-electron chi connectivity index (χ4n) is 3.05. The summed E-state index contributed by atoms with van der Waals surface area (Å²) in [5.74, 6) is 0.686. The molecule has 0 fully saturated rings. The molecule has 2 aromatic heterocycles. The Morgan fingerprint density at radius 1 is 1.26 bits per heavy atom. The molecule has 118 valence electrons. The lowest BCUT2D eigenvalue weighted by molar-refractivity contribution is 0.611. The Balaban J connectivity index is 1.93. The third-order valence-electron chi connectivity index (χ3n) is 4.17. The van der Waals surface area contributed by atoms with Gasteiger partial charge in [-0.15, -0.1) is 11.3 Å². The zero-order valence-corrected chi connectivity index (χ0v) is 13.8. The number of para-hydroxylation sites is 1. The van der Waals surface area contributed by atoms with E-state index in [0.717, 1.165) is 42.2 Å². The Kier molecular flexibility index (Phi) is 3.65. The van der Waals surface area contributed by atoms with Gasteiger partial charge in [0.05, 0.1) is 4.88 Å². The molecule has 5 heteroatoms. The summed E-state index contributed by atoms with van der Waals surface area (Å²) in [5, 5.41) is 10.4. The molecule has 3 heterocycles. The van der Waals surface area contributed by atoms with Gasteiger partial charge >= 0.3 is 0 Å². The zero-order valence-electron chi connectivity index (χ0n) is 13.0. The Bertz CT molecular complexity index is 850. The number of nitrogens with one attached hydrogen (secondary N) is 1. The quantitative estimate of drug-likeness (QED) is 0.733. The molecule has 1 N–H and O–H groups in total. The second kappa shape index (κ2) is 5.81. The number of hydrogen-bond acceptors (Lipinski definition) is 3. The van der Waals surface area contributed by atoms with Gasteiger partial charge in [-0.3, -0.25) is 0 Å². The second-order valence-corrected chi connectivity index (χ2v) is 6.82. The molecule has 3 nitrogen and oxygen atoms in total. The topological polar surface area (TPSA) is 29.9 Å². The van der Waals surface area contributed by atoms with Gasteiger partial charge < -0.3 is 5.32 Å². The van der Waals surface area contributed by atoms with Gasteiger partial charge in [0.2, 0.25) is 0 Å². The van der Waals surface area contributed by atoms with Crippen molar-refractivity contribution < 1.29 is 4.39 Å². The molecule has 0 saturated heterocycles. The number of aromatic nitrogens is 2. The summed E-state index contributed by atoms with van der Waals surface area (Å²) in [7, 11) is 0. The van der Waals surface area contributed by atoms with E-state index in [9.17, 15) is 4.39 Å². The van der Waals surface area contributed by atoms with E-state index in [1.807, 2.05) is 6.07 Å². The van der Waals surface area contributed by atoms with Gasteiger partial charge in [-0.1, -0.05) is 12.1 Å². The van der Waals surface area contributed by atoms with Crippen molar-refractivity contribution in [2.75, 3.05) is 11.9 Å². The molecule has 0 unspecified atom stereocenters. The van der Waals surface area contributed by atoms with Crippen LogP contribution in [-0.4, -0.2) is 16.3 Å².